The highest BCUT2D eigenvalue weighted by Gasteiger charge is 2.43. The Kier molecular flexibility index (Phi) is 1.93. The van der Waals surface area contributed by atoms with Gasteiger partial charge in [0.05, 0.1) is 5.69 Å². The summed E-state index contributed by atoms with van der Waals surface area (Å²) in [7, 11) is 0. The number of carbonyl (C=O) groups is 1. The highest BCUT2D eigenvalue weighted by atomic mass is 19.1. The number of hydrogen-bond donors (Lipinski definition) is 1. The standard InChI is InChI=1S/C12H12FNO2/c13-9-3-1-2-7-6-8-4-5-10(12(15)16)14(8)11(7)9/h1-3,8,10H,4-6H2,(H,15,16). The van der Waals surface area contributed by atoms with E-state index in [4.69, 9.17) is 5.11 Å². The summed E-state index contributed by atoms with van der Waals surface area (Å²) in [5.74, 6) is -1.15. The monoisotopic (exact) mass is 221 g/mol. The molecule has 2 aliphatic rings. The molecule has 1 N–H and O–H groups in total. The number of benzene rings is 1. The largest absolute Gasteiger partial charge is 0.480 e. The summed E-state index contributed by atoms with van der Waals surface area (Å²) in [4.78, 5) is 12.9. The average Bonchev–Trinajstić information content (AvgIpc) is 2.74. The fourth-order valence-electron chi connectivity index (χ4n) is 2.93. The van der Waals surface area contributed by atoms with Crippen LogP contribution in [0.2, 0.25) is 0 Å². The maximum Gasteiger partial charge on any atom is 0.326 e. The molecule has 84 valence electrons. The van der Waals surface area contributed by atoms with E-state index in [0.29, 0.717) is 12.1 Å². The SMILES string of the molecule is O=C(O)C1CCC2Cc3cccc(F)c3N21. The van der Waals surface area contributed by atoms with Gasteiger partial charge in [-0.25, -0.2) is 9.18 Å². The molecule has 1 aromatic rings. The molecule has 3 rings (SSSR count). The summed E-state index contributed by atoms with van der Waals surface area (Å²) < 4.78 is 13.7. The van der Waals surface area contributed by atoms with Crippen LogP contribution in [0, 0.1) is 5.82 Å². The first-order chi connectivity index (χ1) is 7.68. The lowest BCUT2D eigenvalue weighted by Gasteiger charge is -2.24. The summed E-state index contributed by atoms with van der Waals surface area (Å²) in [5.41, 5.74) is 1.45. The number of hydrogen-bond acceptors (Lipinski definition) is 2. The summed E-state index contributed by atoms with van der Waals surface area (Å²) in [6, 6.07) is 4.59. The quantitative estimate of drug-likeness (QED) is 0.786. The van der Waals surface area contributed by atoms with Crippen molar-refractivity contribution in [1.29, 1.82) is 0 Å². The first-order valence-electron chi connectivity index (χ1n) is 5.47. The van der Waals surface area contributed by atoms with E-state index in [1.165, 1.54) is 6.07 Å². The molecule has 16 heavy (non-hydrogen) atoms. The lowest BCUT2D eigenvalue weighted by Crippen LogP contribution is -2.38. The van der Waals surface area contributed by atoms with Gasteiger partial charge in [0.2, 0.25) is 0 Å². The zero-order valence-corrected chi connectivity index (χ0v) is 8.69. The minimum Gasteiger partial charge on any atom is -0.480 e. The topological polar surface area (TPSA) is 40.5 Å². The van der Waals surface area contributed by atoms with Gasteiger partial charge in [0.1, 0.15) is 11.9 Å². The Hall–Kier alpha value is -1.58. The average molecular weight is 221 g/mol. The fraction of sp³-hybridized carbons (Fsp3) is 0.417. The molecule has 0 amide bonds. The molecule has 4 heteroatoms. The Morgan fingerprint density at radius 1 is 1.44 bits per heavy atom. The van der Waals surface area contributed by atoms with Crippen LogP contribution in [0.25, 0.3) is 0 Å². The van der Waals surface area contributed by atoms with Gasteiger partial charge in [0.15, 0.2) is 0 Å². The van der Waals surface area contributed by atoms with Crippen LogP contribution in [-0.4, -0.2) is 23.2 Å². The number of halogens is 1. The Labute approximate surface area is 92.5 Å². The van der Waals surface area contributed by atoms with Gasteiger partial charge >= 0.3 is 5.97 Å². The first-order valence-corrected chi connectivity index (χ1v) is 5.47. The number of nitrogens with zero attached hydrogens (tertiary/aromatic N) is 1. The van der Waals surface area contributed by atoms with E-state index in [1.807, 2.05) is 6.07 Å². The van der Waals surface area contributed by atoms with Crippen molar-refractivity contribution in [2.45, 2.75) is 31.3 Å². The van der Waals surface area contributed by atoms with Gasteiger partial charge in [-0.3, -0.25) is 0 Å². The minimum absolute atomic E-state index is 0.174. The van der Waals surface area contributed by atoms with Crippen LogP contribution in [0.3, 0.4) is 0 Å². The second-order valence-corrected chi connectivity index (χ2v) is 4.44. The fourth-order valence-corrected chi connectivity index (χ4v) is 2.93. The van der Waals surface area contributed by atoms with E-state index in [-0.39, 0.29) is 11.9 Å². The Balaban J connectivity index is 2.09. The number of para-hydroxylation sites is 1. The number of rotatable bonds is 1. The van der Waals surface area contributed by atoms with Crippen LogP contribution in [0.5, 0.6) is 0 Å². The lowest BCUT2D eigenvalue weighted by molar-refractivity contribution is -0.138. The molecule has 2 heterocycles. The molecule has 1 saturated heterocycles. The molecule has 0 saturated carbocycles. The first kappa shape index (κ1) is 9.63. The Bertz CT molecular complexity index is 460. The van der Waals surface area contributed by atoms with Crippen LogP contribution in [0.15, 0.2) is 18.2 Å². The van der Waals surface area contributed by atoms with Crippen molar-refractivity contribution in [2.75, 3.05) is 4.90 Å². The lowest BCUT2D eigenvalue weighted by atomic mass is 10.1. The van der Waals surface area contributed by atoms with E-state index in [9.17, 15) is 9.18 Å². The third-order valence-electron chi connectivity index (χ3n) is 3.57. The zero-order chi connectivity index (χ0) is 11.3. The molecule has 0 spiro atoms. The minimum atomic E-state index is -0.849. The normalized spacial score (nSPS) is 26.7. The molecule has 0 radical (unpaired) electrons. The van der Waals surface area contributed by atoms with Crippen molar-refractivity contribution in [1.82, 2.24) is 0 Å². The van der Waals surface area contributed by atoms with Crippen LogP contribution in [-0.2, 0) is 11.2 Å². The van der Waals surface area contributed by atoms with E-state index < -0.39 is 12.0 Å². The predicted octanol–water partition coefficient (Wildman–Crippen LogP) is 1.80. The van der Waals surface area contributed by atoms with E-state index in [0.717, 1.165) is 18.4 Å². The molecule has 2 unspecified atom stereocenters. The summed E-state index contributed by atoms with van der Waals surface area (Å²) >= 11 is 0. The van der Waals surface area contributed by atoms with Gasteiger partial charge in [0, 0.05) is 6.04 Å². The maximum absolute atomic E-state index is 13.7. The second kappa shape index (κ2) is 3.20. The van der Waals surface area contributed by atoms with Gasteiger partial charge in [-0.1, -0.05) is 12.1 Å². The van der Waals surface area contributed by atoms with Crippen LogP contribution < -0.4 is 4.90 Å². The van der Waals surface area contributed by atoms with Gasteiger partial charge in [-0.05, 0) is 30.9 Å². The van der Waals surface area contributed by atoms with E-state index in [1.54, 1.807) is 11.0 Å². The van der Waals surface area contributed by atoms with Crippen LogP contribution in [0.4, 0.5) is 10.1 Å². The Morgan fingerprint density at radius 2 is 2.25 bits per heavy atom. The van der Waals surface area contributed by atoms with Crippen molar-refractivity contribution in [3.63, 3.8) is 0 Å². The molecule has 1 fully saturated rings. The Morgan fingerprint density at radius 3 is 3.00 bits per heavy atom. The van der Waals surface area contributed by atoms with Crippen LogP contribution in [0.1, 0.15) is 18.4 Å². The van der Waals surface area contributed by atoms with E-state index in [2.05, 4.69) is 0 Å². The molecule has 0 bridgehead atoms. The smallest absolute Gasteiger partial charge is 0.326 e. The number of aliphatic carboxylic acids is 1. The summed E-state index contributed by atoms with van der Waals surface area (Å²) in [5, 5.41) is 9.11. The van der Waals surface area contributed by atoms with Crippen LogP contribution >= 0.6 is 0 Å². The third-order valence-corrected chi connectivity index (χ3v) is 3.57. The van der Waals surface area contributed by atoms with Crippen molar-refractivity contribution < 1.29 is 14.3 Å². The maximum atomic E-state index is 13.7. The summed E-state index contributed by atoms with van der Waals surface area (Å²) in [6.07, 6.45) is 2.23. The van der Waals surface area contributed by atoms with Crippen molar-refractivity contribution >= 4 is 11.7 Å². The van der Waals surface area contributed by atoms with Gasteiger partial charge in [0.25, 0.3) is 0 Å². The molecule has 3 nitrogen and oxygen atoms in total. The number of carboxylic acids is 1. The van der Waals surface area contributed by atoms with Gasteiger partial charge in [-0.2, -0.15) is 0 Å². The molecular formula is C12H12FNO2. The molecule has 2 atom stereocenters. The molecular weight excluding hydrogens is 209 g/mol. The molecule has 0 aliphatic carbocycles. The highest BCUT2D eigenvalue weighted by molar-refractivity contribution is 5.81. The number of fused-ring (bicyclic) bond motifs is 3. The number of anilines is 1. The highest BCUT2D eigenvalue weighted by Crippen LogP contribution is 2.42. The van der Waals surface area contributed by atoms with Crippen molar-refractivity contribution in [3.8, 4) is 0 Å². The van der Waals surface area contributed by atoms with Crippen molar-refractivity contribution in [3.05, 3.63) is 29.6 Å². The zero-order valence-electron chi connectivity index (χ0n) is 8.69. The number of carboxylic acid groups (broad SMARTS) is 1. The predicted molar refractivity (Wildman–Crippen MR) is 57.0 cm³/mol. The molecule has 0 aromatic heterocycles. The van der Waals surface area contributed by atoms with Gasteiger partial charge < -0.3 is 10.0 Å². The third kappa shape index (κ3) is 1.16. The van der Waals surface area contributed by atoms with Crippen molar-refractivity contribution in [2.24, 2.45) is 0 Å². The second-order valence-electron chi connectivity index (χ2n) is 4.44. The van der Waals surface area contributed by atoms with E-state index >= 15 is 0 Å². The van der Waals surface area contributed by atoms with Gasteiger partial charge in [-0.15, -0.1) is 0 Å². The molecule has 1 aromatic carbocycles. The molecule has 2 aliphatic heterocycles. The summed E-state index contributed by atoms with van der Waals surface area (Å²) in [6.45, 7) is 0.